The minimum Gasteiger partial charge on any atom is -0.487 e. The van der Waals surface area contributed by atoms with Gasteiger partial charge in [0, 0.05) is 53.0 Å². The summed E-state index contributed by atoms with van der Waals surface area (Å²) in [5, 5.41) is 8.72. The number of hydrogen-bond acceptors (Lipinski definition) is 9. The second kappa shape index (κ2) is 18.1. The van der Waals surface area contributed by atoms with Crippen molar-refractivity contribution in [1.82, 2.24) is 29.1 Å². The highest BCUT2D eigenvalue weighted by Crippen LogP contribution is 2.25. The fourth-order valence-corrected chi connectivity index (χ4v) is 5.41. The lowest BCUT2D eigenvalue weighted by Crippen LogP contribution is -2.24. The average molecular weight is 800 g/mol. The van der Waals surface area contributed by atoms with Gasteiger partial charge in [-0.25, -0.2) is 17.6 Å². The van der Waals surface area contributed by atoms with Gasteiger partial charge in [-0.05, 0) is 45.0 Å². The number of aromatic nitrogens is 6. The zero-order chi connectivity index (χ0) is 39.8. The van der Waals surface area contributed by atoms with Gasteiger partial charge >= 0.3 is 0 Å². The van der Waals surface area contributed by atoms with Crippen molar-refractivity contribution in [2.45, 2.75) is 53.7 Å². The summed E-state index contributed by atoms with van der Waals surface area (Å²) in [5.41, 5.74) is 2.82. The molecule has 4 heterocycles. The molecule has 0 unspecified atom stereocenters. The van der Waals surface area contributed by atoms with E-state index in [-0.39, 0.29) is 65.6 Å². The Morgan fingerprint density at radius 2 is 1.04 bits per heavy atom. The third-order valence-electron chi connectivity index (χ3n) is 8.02. The summed E-state index contributed by atoms with van der Waals surface area (Å²) in [4.78, 5) is 41.7. The second-order valence-electron chi connectivity index (χ2n) is 12.1. The molecule has 17 heteroatoms. The van der Waals surface area contributed by atoms with Gasteiger partial charge in [-0.1, -0.05) is 23.2 Å². The van der Waals surface area contributed by atoms with Crippen molar-refractivity contribution in [3.8, 4) is 11.5 Å². The number of nitrogens with zero attached hydrogens (tertiary/aromatic N) is 6. The molecule has 0 bridgehead atoms. The largest absolute Gasteiger partial charge is 0.487 e. The van der Waals surface area contributed by atoms with E-state index in [1.807, 2.05) is 6.92 Å². The Morgan fingerprint density at radius 3 is 1.42 bits per heavy atom. The Labute approximate surface area is 321 Å². The summed E-state index contributed by atoms with van der Waals surface area (Å²) < 4.78 is 67.2. The standard InChI is InChI=1S/C19H16ClF2N3O3.C19H16ClF2N3O2/c1-11-4-17(28-10-12-2-3-13(21)5-16(12)22)18(20)19(27)25(11)8-14-6-24-15(9-26)7-23-14;1-11-7-24-15(8-23-11)9-25-12(2)5-17(18(20)19(25)26)27-10-13-3-4-14(21)6-16(13)22/h2-7,26H,8-10H2,1H3;3-8H,9-10H2,1-2H3. The van der Waals surface area contributed by atoms with E-state index in [4.69, 9.17) is 37.8 Å². The molecule has 0 amide bonds. The molecular formula is C38H32Cl2F4N6O5. The maximum absolute atomic E-state index is 13.7. The van der Waals surface area contributed by atoms with Crippen LogP contribution >= 0.6 is 23.2 Å². The first-order valence-corrected chi connectivity index (χ1v) is 17.1. The van der Waals surface area contributed by atoms with E-state index in [1.165, 1.54) is 33.7 Å². The van der Waals surface area contributed by atoms with Crippen molar-refractivity contribution < 1.29 is 32.1 Å². The van der Waals surface area contributed by atoms with Gasteiger partial charge in [0.15, 0.2) is 0 Å². The van der Waals surface area contributed by atoms with Crippen LogP contribution in [0.3, 0.4) is 0 Å². The fourth-order valence-electron chi connectivity index (χ4n) is 4.99. The first kappa shape index (κ1) is 40.5. The average Bonchev–Trinajstić information content (AvgIpc) is 3.16. The zero-order valence-corrected chi connectivity index (χ0v) is 31.0. The molecule has 6 aromatic rings. The quantitative estimate of drug-likeness (QED) is 0.140. The van der Waals surface area contributed by atoms with Gasteiger partial charge in [0.25, 0.3) is 11.1 Å². The van der Waals surface area contributed by atoms with Gasteiger partial charge < -0.3 is 23.7 Å². The molecule has 0 saturated heterocycles. The number of hydrogen-bond donors (Lipinski definition) is 1. The fraction of sp³-hybridized carbons (Fsp3) is 0.211. The summed E-state index contributed by atoms with van der Waals surface area (Å²) in [6.45, 7) is 4.98. The molecule has 0 aliphatic heterocycles. The van der Waals surface area contributed by atoms with E-state index in [1.54, 1.807) is 38.4 Å². The van der Waals surface area contributed by atoms with E-state index in [2.05, 4.69) is 19.9 Å². The first-order chi connectivity index (χ1) is 26.2. The van der Waals surface area contributed by atoms with Crippen molar-refractivity contribution in [2.24, 2.45) is 0 Å². The minimum atomic E-state index is -0.744. The lowest BCUT2D eigenvalue weighted by atomic mass is 10.2. The van der Waals surface area contributed by atoms with Gasteiger partial charge in [-0.3, -0.25) is 29.5 Å². The van der Waals surface area contributed by atoms with Crippen LogP contribution < -0.4 is 20.6 Å². The van der Waals surface area contributed by atoms with Crippen molar-refractivity contribution in [3.63, 3.8) is 0 Å². The van der Waals surface area contributed by atoms with E-state index in [9.17, 15) is 27.2 Å². The van der Waals surface area contributed by atoms with Crippen LogP contribution in [0.25, 0.3) is 0 Å². The minimum absolute atomic E-state index is 0.103. The molecule has 1 N–H and O–H groups in total. The topological polar surface area (TPSA) is 134 Å². The van der Waals surface area contributed by atoms with Crippen LogP contribution in [-0.4, -0.2) is 34.2 Å². The van der Waals surface area contributed by atoms with Crippen LogP contribution in [0, 0.1) is 44.0 Å². The van der Waals surface area contributed by atoms with E-state index in [0.29, 0.717) is 28.5 Å². The predicted molar refractivity (Wildman–Crippen MR) is 195 cm³/mol. The summed E-state index contributed by atoms with van der Waals surface area (Å²) in [7, 11) is 0. The van der Waals surface area contributed by atoms with Crippen LogP contribution in [0.2, 0.25) is 10.0 Å². The number of halogens is 6. The molecule has 55 heavy (non-hydrogen) atoms. The molecule has 6 rings (SSSR count). The zero-order valence-electron chi connectivity index (χ0n) is 29.5. The summed E-state index contributed by atoms with van der Waals surface area (Å²) >= 11 is 12.3. The van der Waals surface area contributed by atoms with Crippen LogP contribution in [0.4, 0.5) is 17.6 Å². The Bertz CT molecular complexity index is 2430. The van der Waals surface area contributed by atoms with Gasteiger partial charge in [0.2, 0.25) is 0 Å². The molecule has 0 atom stereocenters. The van der Waals surface area contributed by atoms with Gasteiger partial charge in [-0.15, -0.1) is 0 Å². The third kappa shape index (κ3) is 10.3. The van der Waals surface area contributed by atoms with Crippen molar-refractivity contribution in [3.05, 3.63) is 173 Å². The molecule has 0 aliphatic carbocycles. The number of ether oxygens (including phenoxy) is 2. The molecule has 0 radical (unpaired) electrons. The van der Waals surface area contributed by atoms with Crippen LogP contribution in [0.15, 0.2) is 82.9 Å². The number of rotatable bonds is 11. The van der Waals surface area contributed by atoms with Crippen LogP contribution in [-0.2, 0) is 32.9 Å². The maximum Gasteiger partial charge on any atom is 0.273 e. The molecule has 286 valence electrons. The molecule has 0 spiro atoms. The number of aryl methyl sites for hydroxylation is 3. The third-order valence-corrected chi connectivity index (χ3v) is 8.72. The smallest absolute Gasteiger partial charge is 0.273 e. The Hall–Kier alpha value is -5.64. The molecule has 4 aromatic heterocycles. The lowest BCUT2D eigenvalue weighted by Gasteiger charge is -2.14. The molecule has 2 aromatic carbocycles. The summed E-state index contributed by atoms with van der Waals surface area (Å²) in [6.07, 6.45) is 6.10. The lowest BCUT2D eigenvalue weighted by molar-refractivity contribution is 0.276. The van der Waals surface area contributed by atoms with Gasteiger partial charge in [0.05, 0.1) is 61.1 Å². The molecule has 11 nitrogen and oxygen atoms in total. The molecular weight excluding hydrogens is 767 g/mol. The van der Waals surface area contributed by atoms with Crippen molar-refractivity contribution in [1.29, 1.82) is 0 Å². The van der Waals surface area contributed by atoms with E-state index in [0.717, 1.165) is 30.0 Å². The molecule has 0 saturated carbocycles. The second-order valence-corrected chi connectivity index (χ2v) is 12.8. The van der Waals surface area contributed by atoms with Crippen molar-refractivity contribution in [2.75, 3.05) is 0 Å². The molecule has 0 aliphatic rings. The Morgan fingerprint density at radius 1 is 0.618 bits per heavy atom. The van der Waals surface area contributed by atoms with E-state index >= 15 is 0 Å². The predicted octanol–water partition coefficient (Wildman–Crippen LogP) is 6.81. The number of benzene rings is 2. The van der Waals surface area contributed by atoms with Crippen LogP contribution in [0.1, 0.15) is 45.3 Å². The van der Waals surface area contributed by atoms with Gasteiger partial charge in [0.1, 0.15) is 58.0 Å². The first-order valence-electron chi connectivity index (χ1n) is 16.4. The SMILES string of the molecule is Cc1cc(OCc2ccc(F)cc2F)c(Cl)c(=O)n1Cc1cnc(CO)cn1.Cc1cnc(Cn2c(C)cc(OCc3ccc(F)cc3F)c(Cl)c2=O)cn1. The highest BCUT2D eigenvalue weighted by molar-refractivity contribution is 6.32. The Balaban J connectivity index is 0.000000211. The van der Waals surface area contributed by atoms with Crippen LogP contribution in [0.5, 0.6) is 11.5 Å². The maximum atomic E-state index is 13.7. The highest BCUT2D eigenvalue weighted by atomic mass is 35.5. The summed E-state index contributed by atoms with van der Waals surface area (Å²) in [6, 6.07) is 9.47. The summed E-state index contributed by atoms with van der Waals surface area (Å²) in [5.74, 6) is -2.60. The normalized spacial score (nSPS) is 10.9. The number of pyridine rings is 2. The molecule has 0 fully saturated rings. The number of aliphatic hydroxyl groups is 1. The van der Waals surface area contributed by atoms with Gasteiger partial charge in [-0.2, -0.15) is 0 Å². The highest BCUT2D eigenvalue weighted by Gasteiger charge is 2.16. The van der Waals surface area contributed by atoms with Crippen molar-refractivity contribution >= 4 is 23.2 Å². The Kier molecular flexibility index (Phi) is 13.4. The monoisotopic (exact) mass is 798 g/mol. The van der Waals surface area contributed by atoms with E-state index < -0.39 is 34.4 Å². The number of aliphatic hydroxyl groups excluding tert-OH is 1.